The molecule has 109 heavy (non-hydrogen) atoms. The van der Waals surface area contributed by atoms with Crippen LogP contribution in [0.1, 0.15) is 480 Å². The zero-order valence-electron chi connectivity index (χ0n) is 73.9. The van der Waals surface area contributed by atoms with Gasteiger partial charge in [0.25, 0.3) is 0 Å². The average Bonchev–Trinajstić information content (AvgIpc) is 0.984. The maximum atomic E-state index is 13.6. The molecule has 0 heterocycles. The van der Waals surface area contributed by atoms with Gasteiger partial charge in [-0.2, -0.15) is 0 Å². The van der Waals surface area contributed by atoms with E-state index in [1.807, 2.05) is 6.92 Å². The molecule has 0 aliphatic rings. The maximum Gasteiger partial charge on any atom is 0.306 e. The van der Waals surface area contributed by atoms with E-state index in [0.29, 0.717) is 63.8 Å². The number of amides is 2. The predicted octanol–water partition coefficient (Wildman–Crippen LogP) is 26.1. The fourth-order valence-corrected chi connectivity index (χ4v) is 15.1. The van der Waals surface area contributed by atoms with Gasteiger partial charge in [-0.15, -0.1) is 0 Å². The molecule has 14 heteroatoms. The van der Waals surface area contributed by atoms with E-state index in [2.05, 4.69) is 75.8 Å². The summed E-state index contributed by atoms with van der Waals surface area (Å²) < 4.78 is 23.6. The monoisotopic (exact) mass is 1540 g/mol. The average molecular weight is 1540 g/mol. The Kier molecular flexibility index (Phi) is 80.2. The zero-order valence-corrected chi connectivity index (χ0v) is 73.9. The quantitative estimate of drug-likeness (QED) is 0.0336. The number of hydrogen-bond acceptors (Lipinski definition) is 12. The molecular weight excluding hydrogens is 1360 g/mol. The van der Waals surface area contributed by atoms with Gasteiger partial charge in [0, 0.05) is 64.2 Å². The van der Waals surface area contributed by atoms with Crippen LogP contribution in [0.5, 0.6) is 0 Å². The van der Waals surface area contributed by atoms with Crippen molar-refractivity contribution in [2.24, 2.45) is 17.8 Å². The van der Waals surface area contributed by atoms with E-state index >= 15 is 0 Å². The molecule has 0 aromatic heterocycles. The van der Waals surface area contributed by atoms with Gasteiger partial charge in [0.2, 0.25) is 11.8 Å². The molecule has 3 unspecified atom stereocenters. The van der Waals surface area contributed by atoms with Crippen LogP contribution in [0.25, 0.3) is 0 Å². The van der Waals surface area contributed by atoms with E-state index in [9.17, 15) is 28.8 Å². The van der Waals surface area contributed by atoms with Crippen LogP contribution in [-0.2, 0) is 47.7 Å². The second kappa shape index (κ2) is 82.7. The SMILES string of the molecule is CCCCCCCCC(CCCCCCCC)OC(=O)CCCCCCCN(CCCCCCCC(=O)OCC(C)CCCCCCC)CCNC(=O)CC(C)C(=O)NCCN(CCCCCCCC(=O)OCC(C)CCCCCCC)CCCCCCCC(=O)OC(CCCCCCCC)CCCCCCCC. The topological polar surface area (TPSA) is 170 Å². The predicted molar refractivity (Wildman–Crippen MR) is 462 cm³/mol. The fourth-order valence-electron chi connectivity index (χ4n) is 15.1. The lowest BCUT2D eigenvalue weighted by molar-refractivity contribution is -0.151. The Morgan fingerprint density at radius 1 is 0.266 bits per heavy atom. The minimum Gasteiger partial charge on any atom is -0.465 e. The summed E-state index contributed by atoms with van der Waals surface area (Å²) in [5, 5.41) is 6.35. The lowest BCUT2D eigenvalue weighted by atomic mass is 10.0. The number of carbonyl (C=O) groups is 6. The molecule has 14 nitrogen and oxygen atoms in total. The minimum atomic E-state index is -0.455. The van der Waals surface area contributed by atoms with Crippen LogP contribution in [0.2, 0.25) is 0 Å². The summed E-state index contributed by atoms with van der Waals surface area (Å²) in [7, 11) is 0. The molecule has 0 rings (SSSR count). The van der Waals surface area contributed by atoms with Crippen LogP contribution in [0.4, 0.5) is 0 Å². The van der Waals surface area contributed by atoms with E-state index in [1.54, 1.807) is 0 Å². The molecule has 0 spiro atoms. The Morgan fingerprint density at radius 3 is 0.798 bits per heavy atom. The maximum absolute atomic E-state index is 13.6. The first-order chi connectivity index (χ1) is 53.2. The van der Waals surface area contributed by atoms with Crippen molar-refractivity contribution in [2.45, 2.75) is 492 Å². The molecule has 0 aliphatic carbocycles. The summed E-state index contributed by atoms with van der Waals surface area (Å²) in [4.78, 5) is 83.5. The van der Waals surface area contributed by atoms with E-state index in [4.69, 9.17) is 18.9 Å². The number of esters is 4. The van der Waals surface area contributed by atoms with Gasteiger partial charge in [-0.3, -0.25) is 28.8 Å². The Hall–Kier alpha value is -3.26. The molecule has 644 valence electrons. The number of carbonyl (C=O) groups excluding carboxylic acids is 6. The number of rotatable bonds is 87. The first-order valence-corrected chi connectivity index (χ1v) is 47.9. The van der Waals surface area contributed by atoms with Crippen molar-refractivity contribution in [3.8, 4) is 0 Å². The summed E-state index contributed by atoms with van der Waals surface area (Å²) in [6.07, 6.45) is 71.6. The van der Waals surface area contributed by atoms with Gasteiger partial charge < -0.3 is 39.4 Å². The highest BCUT2D eigenvalue weighted by Crippen LogP contribution is 2.23. The third-order valence-corrected chi connectivity index (χ3v) is 22.6. The summed E-state index contributed by atoms with van der Waals surface area (Å²) in [5.41, 5.74) is 0. The van der Waals surface area contributed by atoms with Crippen molar-refractivity contribution in [1.82, 2.24) is 20.4 Å². The van der Waals surface area contributed by atoms with Crippen LogP contribution in [-0.4, -0.2) is 123 Å². The van der Waals surface area contributed by atoms with Crippen molar-refractivity contribution < 1.29 is 47.7 Å². The van der Waals surface area contributed by atoms with E-state index < -0.39 is 5.92 Å². The Morgan fingerprint density at radius 2 is 0.505 bits per heavy atom. The number of nitrogens with zero attached hydrogens (tertiary/aromatic N) is 2. The molecule has 0 saturated carbocycles. The van der Waals surface area contributed by atoms with Crippen LogP contribution in [0.3, 0.4) is 0 Å². The molecule has 2 amide bonds. The van der Waals surface area contributed by atoms with Crippen molar-refractivity contribution in [1.29, 1.82) is 0 Å². The molecule has 0 bridgehead atoms. The first kappa shape index (κ1) is 106. The summed E-state index contributed by atoms with van der Waals surface area (Å²) >= 11 is 0. The highest BCUT2D eigenvalue weighted by atomic mass is 16.6. The standard InChI is InChI=1S/C95H184N4O10/c1-10-16-22-28-38-52-66-88(67-53-39-29-23-17-11-2)108-93(103)72-58-44-34-48-61-77-98(76-60-46-32-42-56-70-91(101)106-83-85(7)64-50-36-26-20-14-5)80-74-96-90(100)82-87(9)95(105)97-75-81-99(78-62-47-33-43-57-71-92(102)107-84-86(8)65-51-37-27-21-15-6)79-63-49-35-45-59-73-94(104)109-89(68-54-40-30-24-18-12-3)69-55-41-31-25-19-13-4/h85-89H,10-84H2,1-9H3,(H,96,100)(H,97,105). The molecule has 3 atom stereocenters. The van der Waals surface area contributed by atoms with Crippen molar-refractivity contribution in [2.75, 3.05) is 65.6 Å². The highest BCUT2D eigenvalue weighted by molar-refractivity contribution is 5.85. The fraction of sp³-hybridized carbons (Fsp3) is 0.937. The Balaban J connectivity index is 5.51. The van der Waals surface area contributed by atoms with Gasteiger partial charge in [-0.1, -0.05) is 332 Å². The van der Waals surface area contributed by atoms with E-state index in [-0.39, 0.29) is 54.3 Å². The molecule has 0 aromatic rings. The number of ether oxygens (including phenoxy) is 4. The first-order valence-electron chi connectivity index (χ1n) is 47.9. The lowest BCUT2D eigenvalue weighted by Gasteiger charge is -2.23. The highest BCUT2D eigenvalue weighted by Gasteiger charge is 2.20. The van der Waals surface area contributed by atoms with Gasteiger partial charge in [-0.05, 0) is 154 Å². The van der Waals surface area contributed by atoms with E-state index in [0.717, 1.165) is 232 Å². The van der Waals surface area contributed by atoms with Gasteiger partial charge >= 0.3 is 23.9 Å². The third kappa shape index (κ3) is 75.8. The van der Waals surface area contributed by atoms with Crippen LogP contribution in [0, 0.1) is 17.8 Å². The van der Waals surface area contributed by atoms with Gasteiger partial charge in [0.15, 0.2) is 0 Å². The Labute approximate surface area is 675 Å². The normalized spacial score (nSPS) is 12.5. The van der Waals surface area contributed by atoms with E-state index in [1.165, 1.54) is 193 Å². The molecular formula is C95H184N4O10. The van der Waals surface area contributed by atoms with Crippen molar-refractivity contribution >= 4 is 35.7 Å². The number of hydrogen-bond donors (Lipinski definition) is 2. The molecule has 0 saturated heterocycles. The summed E-state index contributed by atoms with van der Waals surface area (Å²) in [6, 6.07) is 0. The molecule has 0 aliphatic heterocycles. The van der Waals surface area contributed by atoms with Crippen molar-refractivity contribution in [3.05, 3.63) is 0 Å². The van der Waals surface area contributed by atoms with Crippen molar-refractivity contribution in [3.63, 3.8) is 0 Å². The van der Waals surface area contributed by atoms with Crippen LogP contribution >= 0.6 is 0 Å². The largest absolute Gasteiger partial charge is 0.465 e. The molecule has 0 fully saturated rings. The summed E-state index contributed by atoms with van der Waals surface area (Å²) in [6.45, 7) is 27.2. The van der Waals surface area contributed by atoms with Gasteiger partial charge in [0.1, 0.15) is 12.2 Å². The number of nitrogens with one attached hydrogen (secondary N) is 2. The Bertz CT molecular complexity index is 1980. The minimum absolute atomic E-state index is 0.0198. The number of unbranched alkanes of at least 4 members (excludes halogenated alkanes) is 44. The second-order valence-electron chi connectivity index (χ2n) is 33.9. The van der Waals surface area contributed by atoms with Crippen LogP contribution in [0.15, 0.2) is 0 Å². The van der Waals surface area contributed by atoms with Gasteiger partial charge in [-0.25, -0.2) is 0 Å². The molecule has 0 aromatic carbocycles. The lowest BCUT2D eigenvalue weighted by Crippen LogP contribution is -2.40. The third-order valence-electron chi connectivity index (χ3n) is 22.6. The molecule has 0 radical (unpaired) electrons. The van der Waals surface area contributed by atoms with Crippen LogP contribution < -0.4 is 10.6 Å². The molecule has 2 N–H and O–H groups in total. The second-order valence-corrected chi connectivity index (χ2v) is 33.9. The van der Waals surface area contributed by atoms with Gasteiger partial charge in [0.05, 0.1) is 13.2 Å². The smallest absolute Gasteiger partial charge is 0.306 e. The summed E-state index contributed by atoms with van der Waals surface area (Å²) in [5.74, 6) is 0.00123. The zero-order chi connectivity index (χ0) is 79.8.